The van der Waals surface area contributed by atoms with Crippen molar-refractivity contribution in [3.63, 3.8) is 0 Å². The third kappa shape index (κ3) is 6.24. The largest absolute Gasteiger partial charge is 0.497 e. The molecule has 0 atom stereocenters. The molecule has 1 heterocycles. The summed E-state index contributed by atoms with van der Waals surface area (Å²) in [5.74, 6) is -0.527. The Labute approximate surface area is 218 Å². The third-order valence-electron chi connectivity index (χ3n) is 5.50. The summed E-state index contributed by atoms with van der Waals surface area (Å²) in [6, 6.07) is 22.1. The number of carboxylic acids is 1. The average Bonchev–Trinajstić information content (AvgIpc) is 3.27. The number of aromatic nitrogens is 2. The molecule has 184 valence electrons. The summed E-state index contributed by atoms with van der Waals surface area (Å²) in [6.45, 7) is 0.513. The van der Waals surface area contributed by atoms with E-state index >= 15 is 0 Å². The molecule has 0 spiro atoms. The van der Waals surface area contributed by atoms with Gasteiger partial charge in [0.15, 0.2) is 0 Å². The summed E-state index contributed by atoms with van der Waals surface area (Å²) in [4.78, 5) is 22.9. The van der Waals surface area contributed by atoms with E-state index in [1.165, 1.54) is 0 Å². The molecule has 0 saturated carbocycles. The normalized spacial score (nSPS) is 10.8. The van der Waals surface area contributed by atoms with Crippen molar-refractivity contribution in [2.75, 3.05) is 13.7 Å². The van der Waals surface area contributed by atoms with E-state index in [0.717, 1.165) is 33.8 Å². The number of nitrogens with one attached hydrogen (secondary N) is 1. The molecule has 7 nitrogen and oxygen atoms in total. The smallest absolute Gasteiger partial charge is 0.305 e. The van der Waals surface area contributed by atoms with Gasteiger partial charge in [0.05, 0.1) is 31.5 Å². The van der Waals surface area contributed by atoms with E-state index in [0.29, 0.717) is 22.2 Å². The maximum absolute atomic E-state index is 12.2. The highest BCUT2D eigenvalue weighted by atomic mass is 35.5. The summed E-state index contributed by atoms with van der Waals surface area (Å²) >= 11 is 12.5. The highest BCUT2D eigenvalue weighted by Gasteiger charge is 2.14. The van der Waals surface area contributed by atoms with Crippen LogP contribution < -0.4 is 10.1 Å². The first-order valence-electron chi connectivity index (χ1n) is 11.1. The molecule has 0 saturated heterocycles. The number of carbonyl (C=O) groups is 2. The van der Waals surface area contributed by atoms with Crippen LogP contribution >= 0.6 is 23.2 Å². The zero-order valence-electron chi connectivity index (χ0n) is 19.4. The van der Waals surface area contributed by atoms with Crippen LogP contribution in [0, 0.1) is 0 Å². The van der Waals surface area contributed by atoms with Crippen LogP contribution in [0.25, 0.3) is 22.5 Å². The van der Waals surface area contributed by atoms with Gasteiger partial charge in [-0.1, -0.05) is 35.3 Å². The zero-order valence-corrected chi connectivity index (χ0v) is 20.9. The van der Waals surface area contributed by atoms with Crippen molar-refractivity contribution >= 4 is 35.1 Å². The van der Waals surface area contributed by atoms with Crippen LogP contribution in [0.1, 0.15) is 22.3 Å². The molecule has 0 aliphatic carbocycles. The fourth-order valence-corrected chi connectivity index (χ4v) is 4.22. The van der Waals surface area contributed by atoms with Gasteiger partial charge in [-0.15, -0.1) is 0 Å². The lowest BCUT2D eigenvalue weighted by Crippen LogP contribution is -2.25. The standard InChI is InChI=1S/C27H23Cl2N3O4/c1-36-23-8-6-18(7-9-23)24-15-25(20-12-21(28)14-22(29)13-20)32(31-24)16-17-2-4-19(5-3-17)27(35)30-11-10-26(33)34/h2-9,12-15H,10-11,16H2,1H3,(H,30,35)(H,33,34). The van der Waals surface area contributed by atoms with Gasteiger partial charge in [0.25, 0.3) is 5.91 Å². The molecular weight excluding hydrogens is 501 g/mol. The summed E-state index contributed by atoms with van der Waals surface area (Å²) < 4.78 is 7.12. The first-order valence-corrected chi connectivity index (χ1v) is 11.9. The van der Waals surface area contributed by atoms with E-state index in [4.69, 9.17) is 38.1 Å². The topological polar surface area (TPSA) is 93.5 Å². The Kier molecular flexibility index (Phi) is 7.93. The Morgan fingerprint density at radius 1 is 0.944 bits per heavy atom. The van der Waals surface area contributed by atoms with Gasteiger partial charge >= 0.3 is 5.97 Å². The number of benzene rings is 3. The Morgan fingerprint density at radius 2 is 1.61 bits per heavy atom. The predicted molar refractivity (Wildman–Crippen MR) is 140 cm³/mol. The SMILES string of the molecule is COc1ccc(-c2cc(-c3cc(Cl)cc(Cl)c3)n(Cc3ccc(C(=O)NCCC(=O)O)cc3)n2)cc1. The van der Waals surface area contributed by atoms with Gasteiger partial charge in [0.2, 0.25) is 0 Å². The second-order valence-corrected chi connectivity index (χ2v) is 8.93. The van der Waals surface area contributed by atoms with E-state index in [1.807, 2.05) is 59.3 Å². The maximum Gasteiger partial charge on any atom is 0.305 e. The molecule has 3 aromatic carbocycles. The fraction of sp³-hybridized carbons (Fsp3) is 0.148. The van der Waals surface area contributed by atoms with Gasteiger partial charge < -0.3 is 15.2 Å². The van der Waals surface area contributed by atoms with E-state index < -0.39 is 5.97 Å². The Bertz CT molecular complexity index is 1360. The number of hydrogen-bond acceptors (Lipinski definition) is 4. The molecular formula is C27H23Cl2N3O4. The summed E-state index contributed by atoms with van der Waals surface area (Å²) in [6.07, 6.45) is -0.129. The lowest BCUT2D eigenvalue weighted by molar-refractivity contribution is -0.136. The van der Waals surface area contributed by atoms with Crippen LogP contribution in [-0.4, -0.2) is 40.4 Å². The second kappa shape index (κ2) is 11.3. The first-order chi connectivity index (χ1) is 17.3. The minimum absolute atomic E-state index is 0.0723. The average molecular weight is 524 g/mol. The highest BCUT2D eigenvalue weighted by molar-refractivity contribution is 6.35. The number of methoxy groups -OCH3 is 1. The van der Waals surface area contributed by atoms with Crippen LogP contribution in [0.2, 0.25) is 10.0 Å². The van der Waals surface area contributed by atoms with Gasteiger partial charge in [-0.25, -0.2) is 0 Å². The zero-order chi connectivity index (χ0) is 25.7. The number of ether oxygens (including phenoxy) is 1. The molecule has 1 amide bonds. The molecule has 0 bridgehead atoms. The number of aliphatic carboxylic acids is 1. The van der Waals surface area contributed by atoms with Gasteiger partial charge in [-0.3, -0.25) is 14.3 Å². The number of nitrogens with zero attached hydrogens (tertiary/aromatic N) is 2. The van der Waals surface area contributed by atoms with Crippen LogP contribution in [0.4, 0.5) is 0 Å². The van der Waals surface area contributed by atoms with E-state index in [-0.39, 0.29) is 18.9 Å². The highest BCUT2D eigenvalue weighted by Crippen LogP contribution is 2.31. The molecule has 9 heteroatoms. The molecule has 4 aromatic rings. The van der Waals surface area contributed by atoms with E-state index in [2.05, 4.69) is 5.32 Å². The van der Waals surface area contributed by atoms with Gasteiger partial charge in [0, 0.05) is 33.3 Å². The number of halogens is 2. The molecule has 0 aliphatic heterocycles. The van der Waals surface area contributed by atoms with Crippen molar-refractivity contribution < 1.29 is 19.4 Å². The number of carboxylic acid groups (broad SMARTS) is 1. The van der Waals surface area contributed by atoms with Gasteiger partial charge in [-0.2, -0.15) is 5.10 Å². The molecule has 0 aliphatic rings. The minimum Gasteiger partial charge on any atom is -0.497 e. The van der Waals surface area contributed by atoms with Gasteiger partial charge in [-0.05, 0) is 66.2 Å². The lowest BCUT2D eigenvalue weighted by Gasteiger charge is -2.10. The maximum atomic E-state index is 12.2. The first kappa shape index (κ1) is 25.3. The van der Waals surface area contributed by atoms with E-state index in [9.17, 15) is 9.59 Å². The number of rotatable bonds is 9. The molecule has 0 radical (unpaired) electrons. The molecule has 1 aromatic heterocycles. The summed E-state index contributed by atoms with van der Waals surface area (Å²) in [5, 5.41) is 17.2. The number of hydrogen-bond donors (Lipinski definition) is 2. The molecule has 0 unspecified atom stereocenters. The van der Waals surface area contributed by atoms with Crippen molar-refractivity contribution in [3.05, 3.63) is 94.0 Å². The Hall–Kier alpha value is -3.81. The lowest BCUT2D eigenvalue weighted by atomic mass is 10.1. The van der Waals surface area contributed by atoms with Crippen LogP contribution in [0.3, 0.4) is 0 Å². The van der Waals surface area contributed by atoms with Crippen molar-refractivity contribution in [3.8, 4) is 28.3 Å². The molecule has 2 N–H and O–H groups in total. The Morgan fingerprint density at radius 3 is 2.22 bits per heavy atom. The minimum atomic E-state index is -0.962. The number of amides is 1. The quantitative estimate of drug-likeness (QED) is 0.289. The molecule has 36 heavy (non-hydrogen) atoms. The molecule has 4 rings (SSSR count). The van der Waals surface area contributed by atoms with Crippen molar-refractivity contribution in [1.82, 2.24) is 15.1 Å². The van der Waals surface area contributed by atoms with Crippen molar-refractivity contribution in [2.45, 2.75) is 13.0 Å². The Balaban J connectivity index is 1.62. The second-order valence-electron chi connectivity index (χ2n) is 8.06. The predicted octanol–water partition coefficient (Wildman–Crippen LogP) is 5.79. The monoisotopic (exact) mass is 523 g/mol. The van der Waals surface area contributed by atoms with Crippen LogP contribution in [-0.2, 0) is 11.3 Å². The number of carbonyl (C=O) groups excluding carboxylic acids is 1. The van der Waals surface area contributed by atoms with Crippen molar-refractivity contribution in [1.29, 1.82) is 0 Å². The third-order valence-corrected chi connectivity index (χ3v) is 5.93. The fourth-order valence-electron chi connectivity index (χ4n) is 3.69. The van der Waals surface area contributed by atoms with Crippen LogP contribution in [0.5, 0.6) is 5.75 Å². The summed E-state index contributed by atoms with van der Waals surface area (Å²) in [5.41, 5.74) is 4.74. The van der Waals surface area contributed by atoms with E-state index in [1.54, 1.807) is 25.3 Å². The molecule has 0 fully saturated rings. The summed E-state index contributed by atoms with van der Waals surface area (Å²) in [7, 11) is 1.62. The van der Waals surface area contributed by atoms with Crippen molar-refractivity contribution in [2.24, 2.45) is 0 Å². The van der Waals surface area contributed by atoms with Crippen LogP contribution in [0.15, 0.2) is 72.8 Å². The van der Waals surface area contributed by atoms with Gasteiger partial charge in [0.1, 0.15) is 5.75 Å².